The van der Waals surface area contributed by atoms with Crippen LogP contribution < -0.4 is 9.47 Å². The van der Waals surface area contributed by atoms with Crippen molar-refractivity contribution in [2.45, 2.75) is 44.3 Å². The number of hydrogen-bond acceptors (Lipinski definition) is 6. The number of benzene rings is 2. The third-order valence-electron chi connectivity index (χ3n) is 5.53. The molecule has 0 aliphatic carbocycles. The molecule has 33 heavy (non-hydrogen) atoms. The minimum atomic E-state index is -1.09. The summed E-state index contributed by atoms with van der Waals surface area (Å²) in [6.45, 7) is 11.4. The molecule has 0 saturated heterocycles. The van der Waals surface area contributed by atoms with Crippen LogP contribution in [0, 0.1) is 0 Å². The van der Waals surface area contributed by atoms with Gasteiger partial charge in [0.1, 0.15) is 23.7 Å². The van der Waals surface area contributed by atoms with Crippen molar-refractivity contribution in [2.75, 3.05) is 13.2 Å². The lowest BCUT2D eigenvalue weighted by Crippen LogP contribution is -2.21. The Bertz CT molecular complexity index is 866. The van der Waals surface area contributed by atoms with Crippen molar-refractivity contribution in [3.8, 4) is 11.5 Å². The van der Waals surface area contributed by atoms with Crippen LogP contribution in [0.15, 0.2) is 73.8 Å². The predicted molar refractivity (Wildman–Crippen MR) is 128 cm³/mol. The predicted octanol–water partition coefficient (Wildman–Crippen LogP) is 3.78. The molecule has 2 aromatic rings. The molecule has 176 valence electrons. The Labute approximate surface area is 195 Å². The number of aliphatic hydroxyl groups excluding tert-OH is 2. The minimum absolute atomic E-state index is 0.204. The zero-order chi connectivity index (χ0) is 24.4. The summed E-state index contributed by atoms with van der Waals surface area (Å²) in [4.78, 5) is 22.6. The van der Waals surface area contributed by atoms with E-state index in [1.165, 1.54) is 0 Å². The van der Waals surface area contributed by atoms with Crippen LogP contribution in [-0.2, 0) is 15.0 Å². The first-order valence-electron chi connectivity index (χ1n) is 10.8. The van der Waals surface area contributed by atoms with Crippen molar-refractivity contribution in [2.24, 2.45) is 0 Å². The summed E-state index contributed by atoms with van der Waals surface area (Å²) >= 11 is 0. The normalized spacial score (nSPS) is 13.0. The summed E-state index contributed by atoms with van der Waals surface area (Å²) in [5.74, 6) is 0.502. The fraction of sp³-hybridized carbons (Fsp3) is 0.333. The monoisotopic (exact) mass is 452 g/mol. The van der Waals surface area contributed by atoms with Crippen molar-refractivity contribution >= 4 is 11.6 Å². The molecule has 0 bridgehead atoms. The first-order valence-corrected chi connectivity index (χ1v) is 10.8. The molecule has 6 heteroatoms. The van der Waals surface area contributed by atoms with Crippen molar-refractivity contribution in [3.63, 3.8) is 0 Å². The molecular weight excluding hydrogens is 420 g/mol. The van der Waals surface area contributed by atoms with Gasteiger partial charge in [-0.25, -0.2) is 0 Å². The summed E-state index contributed by atoms with van der Waals surface area (Å²) in [5.41, 5.74) is 1.92. The van der Waals surface area contributed by atoms with Crippen molar-refractivity contribution in [3.05, 3.63) is 85.0 Å². The second-order valence-corrected chi connectivity index (χ2v) is 8.19. The minimum Gasteiger partial charge on any atom is -0.493 e. The highest BCUT2D eigenvalue weighted by molar-refractivity contribution is 5.93. The molecule has 2 unspecified atom stereocenters. The average Bonchev–Trinajstić information content (AvgIpc) is 2.83. The first-order chi connectivity index (χ1) is 15.7. The first kappa shape index (κ1) is 26.0. The van der Waals surface area contributed by atoms with Gasteiger partial charge in [-0.05, 0) is 47.5 Å². The lowest BCUT2D eigenvalue weighted by Gasteiger charge is -2.26. The van der Waals surface area contributed by atoms with E-state index in [4.69, 9.17) is 9.47 Å². The van der Waals surface area contributed by atoms with Crippen LogP contribution in [-0.4, -0.2) is 47.2 Å². The van der Waals surface area contributed by atoms with Crippen LogP contribution >= 0.6 is 0 Å². The topological polar surface area (TPSA) is 93.1 Å². The van der Waals surface area contributed by atoms with E-state index in [0.29, 0.717) is 11.5 Å². The molecule has 2 aromatic carbocycles. The summed E-state index contributed by atoms with van der Waals surface area (Å²) in [6.07, 6.45) is 0.445. The van der Waals surface area contributed by atoms with E-state index in [2.05, 4.69) is 27.0 Å². The van der Waals surface area contributed by atoms with Gasteiger partial charge in [-0.1, -0.05) is 51.3 Å². The average molecular weight is 453 g/mol. The molecule has 0 saturated carbocycles. The second-order valence-electron chi connectivity index (χ2n) is 8.19. The Hall–Kier alpha value is -3.22. The maximum absolute atomic E-state index is 11.3. The Balaban J connectivity index is 1.93. The van der Waals surface area contributed by atoms with Gasteiger partial charge in [0.15, 0.2) is 11.6 Å². The third-order valence-corrected chi connectivity index (χ3v) is 5.53. The van der Waals surface area contributed by atoms with Gasteiger partial charge < -0.3 is 19.7 Å². The van der Waals surface area contributed by atoms with Gasteiger partial charge in [0, 0.05) is 18.3 Å². The number of ether oxygens (including phenoxy) is 2. The van der Waals surface area contributed by atoms with Crippen LogP contribution in [0.25, 0.3) is 0 Å². The Morgan fingerprint density at radius 1 is 0.788 bits per heavy atom. The molecular formula is C27H32O6. The van der Waals surface area contributed by atoms with E-state index in [1.807, 2.05) is 48.5 Å². The molecule has 0 aliphatic heterocycles. The molecule has 6 nitrogen and oxygen atoms in total. The van der Waals surface area contributed by atoms with E-state index in [0.717, 1.165) is 23.3 Å². The molecule has 0 spiro atoms. The van der Waals surface area contributed by atoms with Gasteiger partial charge in [0.25, 0.3) is 0 Å². The highest BCUT2D eigenvalue weighted by Gasteiger charge is 2.23. The molecule has 0 radical (unpaired) electrons. The molecule has 0 fully saturated rings. The van der Waals surface area contributed by atoms with E-state index < -0.39 is 23.8 Å². The van der Waals surface area contributed by atoms with Crippen molar-refractivity contribution < 1.29 is 29.3 Å². The van der Waals surface area contributed by atoms with Crippen molar-refractivity contribution in [1.29, 1.82) is 0 Å². The summed E-state index contributed by atoms with van der Waals surface area (Å²) < 4.78 is 11.3. The number of carbonyl (C=O) groups is 2. The fourth-order valence-electron chi connectivity index (χ4n) is 3.24. The Morgan fingerprint density at radius 2 is 1.12 bits per heavy atom. The lowest BCUT2D eigenvalue weighted by atomic mass is 9.78. The van der Waals surface area contributed by atoms with Crippen LogP contribution in [0.4, 0.5) is 0 Å². The number of ketones is 2. The highest BCUT2D eigenvalue weighted by atomic mass is 16.5. The lowest BCUT2D eigenvalue weighted by molar-refractivity contribution is -0.123. The maximum Gasteiger partial charge on any atom is 0.183 e. The quantitative estimate of drug-likeness (QED) is 0.424. The van der Waals surface area contributed by atoms with E-state index in [9.17, 15) is 19.8 Å². The zero-order valence-electron chi connectivity index (χ0n) is 19.2. The maximum atomic E-state index is 11.3. The molecule has 2 N–H and O–H groups in total. The van der Waals surface area contributed by atoms with Gasteiger partial charge in [-0.2, -0.15) is 0 Å². The molecule has 0 aromatic heterocycles. The SMILES string of the molecule is C=CC(=O)C(O)CCOc1ccc(C(C)(C)c2ccc(OCCC(O)C(=O)C=C)cc2)cc1. The van der Waals surface area contributed by atoms with Gasteiger partial charge >= 0.3 is 0 Å². The van der Waals surface area contributed by atoms with Crippen LogP contribution in [0.1, 0.15) is 37.8 Å². The molecule has 2 atom stereocenters. The van der Waals surface area contributed by atoms with Gasteiger partial charge in [-0.15, -0.1) is 0 Å². The van der Waals surface area contributed by atoms with Crippen molar-refractivity contribution in [1.82, 2.24) is 0 Å². The van der Waals surface area contributed by atoms with Crippen LogP contribution in [0.5, 0.6) is 11.5 Å². The summed E-state index contributed by atoms with van der Waals surface area (Å²) in [7, 11) is 0. The number of rotatable bonds is 14. The Kier molecular flexibility index (Phi) is 9.57. The second kappa shape index (κ2) is 12.1. The molecule has 0 amide bonds. The number of aliphatic hydroxyl groups is 2. The molecule has 2 rings (SSSR count). The van der Waals surface area contributed by atoms with E-state index in [-0.39, 0.29) is 31.5 Å². The smallest absolute Gasteiger partial charge is 0.183 e. The standard InChI is InChI=1S/C27H32O6/c1-5-23(28)25(30)15-17-32-21-11-7-19(8-12-21)27(3,4)20-9-13-22(14-10-20)33-18-16-26(31)24(29)6-2/h5-14,25-26,30-31H,1-2,15-18H2,3-4H3. The summed E-state index contributed by atoms with van der Waals surface area (Å²) in [5, 5.41) is 19.3. The zero-order valence-corrected chi connectivity index (χ0v) is 19.2. The molecule has 0 aliphatic rings. The number of hydrogen-bond donors (Lipinski definition) is 2. The third kappa shape index (κ3) is 7.41. The number of carbonyl (C=O) groups excluding carboxylic acids is 2. The Morgan fingerprint density at radius 3 is 1.42 bits per heavy atom. The summed E-state index contributed by atoms with van der Waals surface area (Å²) in [6, 6.07) is 15.4. The van der Waals surface area contributed by atoms with E-state index >= 15 is 0 Å². The van der Waals surface area contributed by atoms with Crippen LogP contribution in [0.2, 0.25) is 0 Å². The largest absolute Gasteiger partial charge is 0.493 e. The molecule has 0 heterocycles. The van der Waals surface area contributed by atoms with Crippen LogP contribution in [0.3, 0.4) is 0 Å². The van der Waals surface area contributed by atoms with Gasteiger partial charge in [0.05, 0.1) is 13.2 Å². The van der Waals surface area contributed by atoms with Gasteiger partial charge in [-0.3, -0.25) is 9.59 Å². The fourth-order valence-corrected chi connectivity index (χ4v) is 3.24. The highest BCUT2D eigenvalue weighted by Crippen LogP contribution is 2.33. The van der Waals surface area contributed by atoms with E-state index in [1.54, 1.807) is 0 Å². The van der Waals surface area contributed by atoms with Gasteiger partial charge in [0.2, 0.25) is 0 Å².